The molecule has 1 saturated carbocycles. The lowest BCUT2D eigenvalue weighted by Gasteiger charge is -2.27. The first-order valence-corrected chi connectivity index (χ1v) is 7.58. The zero-order chi connectivity index (χ0) is 14.2. The number of amides is 1. The van der Waals surface area contributed by atoms with E-state index in [1.165, 1.54) is 11.1 Å². The molecule has 0 unspecified atom stereocenters. The van der Waals surface area contributed by atoms with Crippen molar-refractivity contribution in [3.05, 3.63) is 35.4 Å². The van der Waals surface area contributed by atoms with Crippen molar-refractivity contribution in [2.45, 2.75) is 51.0 Å². The molecule has 0 radical (unpaired) electrons. The highest BCUT2D eigenvalue weighted by Gasteiger charge is 2.40. The van der Waals surface area contributed by atoms with Gasteiger partial charge in [-0.2, -0.15) is 0 Å². The van der Waals surface area contributed by atoms with Gasteiger partial charge >= 0.3 is 0 Å². The highest BCUT2D eigenvalue weighted by Crippen LogP contribution is 2.36. The first kappa shape index (κ1) is 13.6. The summed E-state index contributed by atoms with van der Waals surface area (Å²) in [5.74, 6) is -0.174. The van der Waals surface area contributed by atoms with Crippen LogP contribution in [0.1, 0.15) is 43.7 Å². The van der Waals surface area contributed by atoms with Crippen molar-refractivity contribution in [1.29, 1.82) is 0 Å². The molecule has 0 spiro atoms. The number of carbonyl (C=O) groups excluding carboxylic acids is 1. The number of aliphatic hydroxyl groups is 1. The monoisotopic (exact) mass is 273 g/mol. The molecule has 3 rings (SSSR count). The summed E-state index contributed by atoms with van der Waals surface area (Å²) in [6.07, 6.45) is 5.12. The lowest BCUT2D eigenvalue weighted by Crippen LogP contribution is -2.48. The van der Waals surface area contributed by atoms with Gasteiger partial charge in [0, 0.05) is 6.54 Å². The summed E-state index contributed by atoms with van der Waals surface area (Å²) in [5.41, 5.74) is 1.75. The van der Waals surface area contributed by atoms with Crippen LogP contribution in [0.5, 0.6) is 0 Å². The Bertz CT molecular complexity index is 492. The smallest absolute Gasteiger partial charge is 0.251 e. The molecule has 3 nitrogen and oxygen atoms in total. The molecule has 2 N–H and O–H groups in total. The highest BCUT2D eigenvalue weighted by molar-refractivity contribution is 5.85. The third kappa shape index (κ3) is 2.47. The minimum Gasteiger partial charge on any atom is -0.380 e. The summed E-state index contributed by atoms with van der Waals surface area (Å²) in [6, 6.07) is 8.49. The lowest BCUT2D eigenvalue weighted by molar-refractivity contribution is -0.139. The van der Waals surface area contributed by atoms with Gasteiger partial charge < -0.3 is 10.4 Å². The summed E-state index contributed by atoms with van der Waals surface area (Å²) in [7, 11) is 0. The molecule has 0 heterocycles. The summed E-state index contributed by atoms with van der Waals surface area (Å²) < 4.78 is 0. The maximum atomic E-state index is 12.2. The summed E-state index contributed by atoms with van der Waals surface area (Å²) >= 11 is 0. The predicted octanol–water partition coefficient (Wildman–Crippen LogP) is 2.21. The third-order valence-electron chi connectivity index (χ3n) is 4.88. The van der Waals surface area contributed by atoms with Gasteiger partial charge in [0.25, 0.3) is 5.91 Å². The molecule has 20 heavy (non-hydrogen) atoms. The number of carbonyl (C=O) groups is 1. The third-order valence-corrected chi connectivity index (χ3v) is 4.88. The first-order valence-electron chi connectivity index (χ1n) is 7.58. The Morgan fingerprint density at radius 2 is 1.75 bits per heavy atom. The van der Waals surface area contributed by atoms with E-state index in [9.17, 15) is 9.90 Å². The van der Waals surface area contributed by atoms with Crippen molar-refractivity contribution < 1.29 is 9.90 Å². The maximum Gasteiger partial charge on any atom is 0.251 e. The molecule has 108 valence electrons. The minimum absolute atomic E-state index is 0.0777. The molecular weight excluding hydrogens is 250 g/mol. The Morgan fingerprint density at radius 3 is 2.30 bits per heavy atom. The summed E-state index contributed by atoms with van der Waals surface area (Å²) in [4.78, 5) is 12.2. The number of nitrogens with one attached hydrogen (secondary N) is 1. The predicted molar refractivity (Wildman–Crippen MR) is 78.4 cm³/mol. The fourth-order valence-electron chi connectivity index (χ4n) is 3.65. The maximum absolute atomic E-state index is 12.2. The second-order valence-corrected chi connectivity index (χ2v) is 6.85. The number of fused-ring (bicyclic) bond motifs is 1. The van der Waals surface area contributed by atoms with E-state index >= 15 is 0 Å². The quantitative estimate of drug-likeness (QED) is 0.887. The van der Waals surface area contributed by atoms with Crippen LogP contribution in [0.25, 0.3) is 0 Å². The fraction of sp³-hybridized carbons (Fsp3) is 0.588. The summed E-state index contributed by atoms with van der Waals surface area (Å²) in [5, 5.41) is 13.3. The van der Waals surface area contributed by atoms with E-state index in [0.717, 1.165) is 25.7 Å². The van der Waals surface area contributed by atoms with Crippen LogP contribution in [0, 0.1) is 5.41 Å². The van der Waals surface area contributed by atoms with Crippen LogP contribution in [-0.2, 0) is 17.6 Å². The topological polar surface area (TPSA) is 49.3 Å². The highest BCUT2D eigenvalue weighted by atomic mass is 16.3. The van der Waals surface area contributed by atoms with Gasteiger partial charge in [-0.3, -0.25) is 4.79 Å². The molecule has 3 heteroatoms. The molecular formula is C17H23NO2. The molecule has 2 aliphatic carbocycles. The van der Waals surface area contributed by atoms with Crippen LogP contribution in [-0.4, -0.2) is 23.2 Å². The van der Waals surface area contributed by atoms with Gasteiger partial charge in [-0.25, -0.2) is 0 Å². The lowest BCUT2D eigenvalue weighted by atomic mass is 9.87. The molecule has 2 aliphatic rings. The van der Waals surface area contributed by atoms with Crippen LogP contribution in [0.15, 0.2) is 24.3 Å². The molecule has 0 bridgehead atoms. The number of hydrogen-bond donors (Lipinski definition) is 2. The van der Waals surface area contributed by atoms with E-state index in [2.05, 4.69) is 36.5 Å². The van der Waals surface area contributed by atoms with Crippen molar-refractivity contribution in [2.75, 3.05) is 6.54 Å². The van der Waals surface area contributed by atoms with Crippen LogP contribution in [0.4, 0.5) is 0 Å². The normalized spacial score (nSPS) is 22.5. The van der Waals surface area contributed by atoms with Gasteiger partial charge in [-0.05, 0) is 55.1 Å². The zero-order valence-electron chi connectivity index (χ0n) is 12.1. The van der Waals surface area contributed by atoms with Crippen molar-refractivity contribution >= 4 is 5.91 Å². The fourth-order valence-corrected chi connectivity index (χ4v) is 3.65. The van der Waals surface area contributed by atoms with Crippen molar-refractivity contribution in [1.82, 2.24) is 5.32 Å². The average molecular weight is 273 g/mol. The van der Waals surface area contributed by atoms with Gasteiger partial charge in [0.15, 0.2) is 0 Å². The van der Waals surface area contributed by atoms with Crippen molar-refractivity contribution in [2.24, 2.45) is 5.41 Å². The molecule has 0 aliphatic heterocycles. The molecule has 0 atom stereocenters. The van der Waals surface area contributed by atoms with Gasteiger partial charge in [0.05, 0.1) is 0 Å². The SMILES string of the molecule is CC1(CNC(=O)C2(O)CCCC2)Cc2ccccc2C1. The van der Waals surface area contributed by atoms with Crippen molar-refractivity contribution in [3.63, 3.8) is 0 Å². The molecule has 1 aromatic carbocycles. The van der Waals surface area contributed by atoms with E-state index in [0.29, 0.717) is 19.4 Å². The molecule has 0 saturated heterocycles. The second kappa shape index (κ2) is 4.88. The Hall–Kier alpha value is -1.35. The number of benzene rings is 1. The van der Waals surface area contributed by atoms with Crippen LogP contribution in [0.3, 0.4) is 0 Å². The molecule has 1 amide bonds. The standard InChI is InChI=1S/C17H23NO2/c1-16(10-13-6-2-3-7-14(13)11-16)12-18-15(19)17(20)8-4-5-9-17/h2-3,6-7,20H,4-5,8-12H2,1H3,(H,18,19). The Morgan fingerprint density at radius 1 is 1.20 bits per heavy atom. The second-order valence-electron chi connectivity index (χ2n) is 6.85. The zero-order valence-corrected chi connectivity index (χ0v) is 12.1. The summed E-state index contributed by atoms with van der Waals surface area (Å²) in [6.45, 7) is 2.86. The van der Waals surface area contributed by atoms with Gasteiger partial charge in [0.2, 0.25) is 0 Å². The number of rotatable bonds is 3. The Labute approximate surface area is 120 Å². The van der Waals surface area contributed by atoms with Gasteiger partial charge in [-0.1, -0.05) is 31.2 Å². The Kier molecular flexibility index (Phi) is 3.33. The van der Waals surface area contributed by atoms with Gasteiger partial charge in [-0.15, -0.1) is 0 Å². The van der Waals surface area contributed by atoms with Crippen molar-refractivity contribution in [3.8, 4) is 0 Å². The molecule has 1 aromatic rings. The van der Waals surface area contributed by atoms with Crippen LogP contribution < -0.4 is 5.32 Å². The van der Waals surface area contributed by atoms with E-state index in [1.807, 2.05) is 0 Å². The van der Waals surface area contributed by atoms with E-state index in [4.69, 9.17) is 0 Å². The van der Waals surface area contributed by atoms with E-state index in [-0.39, 0.29) is 11.3 Å². The average Bonchev–Trinajstić information content (AvgIpc) is 3.00. The first-order chi connectivity index (χ1) is 9.51. The molecule has 0 aromatic heterocycles. The van der Waals surface area contributed by atoms with Crippen LogP contribution in [0.2, 0.25) is 0 Å². The van der Waals surface area contributed by atoms with E-state index in [1.54, 1.807) is 0 Å². The molecule has 1 fully saturated rings. The number of hydrogen-bond acceptors (Lipinski definition) is 2. The largest absolute Gasteiger partial charge is 0.380 e. The van der Waals surface area contributed by atoms with E-state index < -0.39 is 5.60 Å². The van der Waals surface area contributed by atoms with Gasteiger partial charge in [0.1, 0.15) is 5.60 Å². The van der Waals surface area contributed by atoms with Crippen LogP contribution >= 0.6 is 0 Å². The minimum atomic E-state index is -1.11. The Balaban J connectivity index is 1.61.